The summed E-state index contributed by atoms with van der Waals surface area (Å²) in [6.45, 7) is 9.45. The minimum atomic E-state index is 0.892. The fourth-order valence-corrected chi connectivity index (χ4v) is 2.08. The van der Waals surface area contributed by atoms with E-state index in [-0.39, 0.29) is 0 Å². The molecule has 66 valence electrons. The molecule has 1 rings (SSSR count). The average Bonchev–Trinajstić information content (AvgIpc) is 2.63. The maximum absolute atomic E-state index is 2.38. The van der Waals surface area contributed by atoms with E-state index in [0.717, 1.165) is 23.7 Å². The molecule has 0 saturated heterocycles. The van der Waals surface area contributed by atoms with Gasteiger partial charge in [0.25, 0.3) is 0 Å². The van der Waals surface area contributed by atoms with Gasteiger partial charge in [-0.05, 0) is 42.9 Å². The third-order valence-corrected chi connectivity index (χ3v) is 2.83. The largest absolute Gasteiger partial charge is 0.0628 e. The minimum absolute atomic E-state index is 0.892. The maximum atomic E-state index is 2.38. The molecule has 0 amide bonds. The predicted octanol–water partition coefficient (Wildman–Crippen LogP) is 3.71. The van der Waals surface area contributed by atoms with Crippen LogP contribution in [0.15, 0.2) is 0 Å². The van der Waals surface area contributed by atoms with Crippen LogP contribution >= 0.6 is 0 Å². The molecule has 0 radical (unpaired) electrons. The molecule has 11 heavy (non-hydrogen) atoms. The molecule has 0 aromatic carbocycles. The molecule has 0 nitrogen and oxygen atoms in total. The molecule has 0 bridgehead atoms. The summed E-state index contributed by atoms with van der Waals surface area (Å²) < 4.78 is 0. The van der Waals surface area contributed by atoms with Gasteiger partial charge in [-0.25, -0.2) is 0 Å². The number of hydrogen-bond acceptors (Lipinski definition) is 0. The van der Waals surface area contributed by atoms with Crippen LogP contribution in [-0.4, -0.2) is 0 Å². The van der Waals surface area contributed by atoms with Crippen molar-refractivity contribution in [1.29, 1.82) is 0 Å². The van der Waals surface area contributed by atoms with Crippen molar-refractivity contribution in [1.82, 2.24) is 0 Å². The molecule has 1 aliphatic rings. The smallest absolute Gasteiger partial charge is 0.0360 e. The molecular formula is C11H22. The van der Waals surface area contributed by atoms with Crippen molar-refractivity contribution < 1.29 is 0 Å². The lowest BCUT2D eigenvalue weighted by Crippen LogP contribution is -2.13. The third-order valence-electron chi connectivity index (χ3n) is 2.83. The lowest BCUT2D eigenvalue weighted by molar-refractivity contribution is 0.281. The summed E-state index contributed by atoms with van der Waals surface area (Å²) in [7, 11) is 0. The van der Waals surface area contributed by atoms with E-state index < -0.39 is 0 Å². The Morgan fingerprint density at radius 1 is 1.09 bits per heavy atom. The molecule has 0 aromatic rings. The first-order chi connectivity index (χ1) is 5.11. The van der Waals surface area contributed by atoms with Gasteiger partial charge in [0.15, 0.2) is 0 Å². The van der Waals surface area contributed by atoms with E-state index in [2.05, 4.69) is 27.7 Å². The zero-order valence-electron chi connectivity index (χ0n) is 8.43. The fourth-order valence-electron chi connectivity index (χ4n) is 2.08. The van der Waals surface area contributed by atoms with Gasteiger partial charge in [-0.1, -0.05) is 27.7 Å². The molecular weight excluding hydrogens is 132 g/mol. The quantitative estimate of drug-likeness (QED) is 0.579. The van der Waals surface area contributed by atoms with Crippen LogP contribution in [0.5, 0.6) is 0 Å². The Balaban J connectivity index is 2.32. The van der Waals surface area contributed by atoms with Crippen LogP contribution in [0.1, 0.15) is 47.0 Å². The van der Waals surface area contributed by atoms with E-state index in [1.54, 1.807) is 0 Å². The van der Waals surface area contributed by atoms with Crippen LogP contribution in [0.2, 0.25) is 0 Å². The Morgan fingerprint density at radius 3 is 1.91 bits per heavy atom. The lowest BCUT2D eigenvalue weighted by atomic mass is 9.84. The Hall–Kier alpha value is 0. The zero-order chi connectivity index (χ0) is 8.43. The van der Waals surface area contributed by atoms with Crippen molar-refractivity contribution in [2.45, 2.75) is 47.0 Å². The Kier molecular flexibility index (Phi) is 2.98. The summed E-state index contributed by atoms with van der Waals surface area (Å²) in [5.41, 5.74) is 0. The first-order valence-corrected chi connectivity index (χ1v) is 5.11. The molecule has 1 saturated carbocycles. The van der Waals surface area contributed by atoms with Crippen LogP contribution in [0.3, 0.4) is 0 Å². The van der Waals surface area contributed by atoms with Crippen molar-refractivity contribution in [3.05, 3.63) is 0 Å². The van der Waals surface area contributed by atoms with Gasteiger partial charge in [-0.2, -0.15) is 0 Å². The number of hydrogen-bond donors (Lipinski definition) is 0. The monoisotopic (exact) mass is 154 g/mol. The second-order valence-electron chi connectivity index (χ2n) is 4.87. The van der Waals surface area contributed by atoms with Crippen molar-refractivity contribution in [3.63, 3.8) is 0 Å². The highest BCUT2D eigenvalue weighted by Crippen LogP contribution is 2.43. The first kappa shape index (κ1) is 9.09. The second kappa shape index (κ2) is 3.60. The van der Waals surface area contributed by atoms with Crippen molar-refractivity contribution in [2.24, 2.45) is 23.7 Å². The molecule has 0 unspecified atom stereocenters. The first-order valence-electron chi connectivity index (χ1n) is 5.11. The molecule has 0 aliphatic heterocycles. The Bertz CT molecular complexity index is 107. The van der Waals surface area contributed by atoms with Crippen molar-refractivity contribution in [3.8, 4) is 0 Å². The summed E-state index contributed by atoms with van der Waals surface area (Å²) in [5, 5.41) is 0. The fraction of sp³-hybridized carbons (Fsp3) is 1.00. The summed E-state index contributed by atoms with van der Waals surface area (Å²) >= 11 is 0. The van der Waals surface area contributed by atoms with Gasteiger partial charge in [0.2, 0.25) is 0 Å². The van der Waals surface area contributed by atoms with E-state index in [1.807, 2.05) is 0 Å². The molecule has 1 atom stereocenters. The van der Waals surface area contributed by atoms with Gasteiger partial charge in [-0.3, -0.25) is 0 Å². The standard InChI is InChI=1S/C11H22/c1-8(2)7-11(9(3)4)10-5-6-10/h8-11H,5-7H2,1-4H3/t11-/m1/s1. The molecule has 1 fully saturated rings. The lowest BCUT2D eigenvalue weighted by Gasteiger charge is -2.22. The normalized spacial score (nSPS) is 21.3. The van der Waals surface area contributed by atoms with E-state index in [1.165, 1.54) is 19.3 Å². The molecule has 0 spiro atoms. The third kappa shape index (κ3) is 2.84. The highest BCUT2D eigenvalue weighted by Gasteiger charge is 2.32. The highest BCUT2D eigenvalue weighted by atomic mass is 14.4. The van der Waals surface area contributed by atoms with Crippen molar-refractivity contribution >= 4 is 0 Å². The highest BCUT2D eigenvalue weighted by molar-refractivity contribution is 4.83. The van der Waals surface area contributed by atoms with Gasteiger partial charge in [0.1, 0.15) is 0 Å². The molecule has 0 heterocycles. The van der Waals surface area contributed by atoms with E-state index >= 15 is 0 Å². The summed E-state index contributed by atoms with van der Waals surface area (Å²) in [6.07, 6.45) is 4.47. The zero-order valence-corrected chi connectivity index (χ0v) is 8.43. The van der Waals surface area contributed by atoms with Crippen LogP contribution < -0.4 is 0 Å². The topological polar surface area (TPSA) is 0 Å². The van der Waals surface area contributed by atoms with E-state index in [0.29, 0.717) is 0 Å². The van der Waals surface area contributed by atoms with Gasteiger partial charge in [0.05, 0.1) is 0 Å². The summed E-state index contributed by atoms with van der Waals surface area (Å²) in [4.78, 5) is 0. The van der Waals surface area contributed by atoms with Gasteiger partial charge >= 0.3 is 0 Å². The summed E-state index contributed by atoms with van der Waals surface area (Å²) in [5.74, 6) is 3.92. The molecule has 0 heteroatoms. The predicted molar refractivity (Wildman–Crippen MR) is 50.5 cm³/mol. The van der Waals surface area contributed by atoms with E-state index in [9.17, 15) is 0 Å². The van der Waals surface area contributed by atoms with Crippen LogP contribution in [0.4, 0.5) is 0 Å². The van der Waals surface area contributed by atoms with Crippen molar-refractivity contribution in [2.75, 3.05) is 0 Å². The van der Waals surface area contributed by atoms with Gasteiger partial charge in [0, 0.05) is 0 Å². The SMILES string of the molecule is CC(C)C[C@H](C(C)C)C1CC1. The van der Waals surface area contributed by atoms with Gasteiger partial charge < -0.3 is 0 Å². The number of rotatable bonds is 4. The van der Waals surface area contributed by atoms with Crippen LogP contribution in [-0.2, 0) is 0 Å². The summed E-state index contributed by atoms with van der Waals surface area (Å²) in [6, 6.07) is 0. The molecule has 1 aliphatic carbocycles. The van der Waals surface area contributed by atoms with Crippen LogP contribution in [0.25, 0.3) is 0 Å². The van der Waals surface area contributed by atoms with Gasteiger partial charge in [-0.15, -0.1) is 0 Å². The maximum Gasteiger partial charge on any atom is -0.0360 e. The molecule has 0 N–H and O–H groups in total. The minimum Gasteiger partial charge on any atom is -0.0628 e. The van der Waals surface area contributed by atoms with Crippen LogP contribution in [0, 0.1) is 23.7 Å². The van der Waals surface area contributed by atoms with E-state index in [4.69, 9.17) is 0 Å². The Morgan fingerprint density at radius 2 is 1.64 bits per heavy atom. The average molecular weight is 154 g/mol. The second-order valence-corrected chi connectivity index (χ2v) is 4.87. The Labute approximate surface area is 71.4 Å². The molecule has 0 aromatic heterocycles.